The highest BCUT2D eigenvalue weighted by molar-refractivity contribution is 5.93. The highest BCUT2D eigenvalue weighted by atomic mass is 16.6. The summed E-state index contributed by atoms with van der Waals surface area (Å²) in [7, 11) is 3.06. The predicted molar refractivity (Wildman–Crippen MR) is 162 cm³/mol. The fourth-order valence-corrected chi connectivity index (χ4v) is 4.69. The number of nitrogens with zero attached hydrogens (tertiary/aromatic N) is 2. The number of hydrogen-bond acceptors (Lipinski definition) is 6. The summed E-state index contributed by atoms with van der Waals surface area (Å²) in [5, 5.41) is 2.05. The van der Waals surface area contributed by atoms with Crippen molar-refractivity contribution >= 4 is 22.6 Å². The van der Waals surface area contributed by atoms with E-state index in [1.165, 1.54) is 23.8 Å². The molecule has 1 unspecified atom stereocenters. The lowest BCUT2D eigenvalue weighted by Gasteiger charge is -2.29. The molecule has 4 rings (SSSR count). The molecule has 0 aliphatic heterocycles. The molecule has 0 aliphatic rings. The van der Waals surface area contributed by atoms with Crippen LogP contribution in [0.25, 0.3) is 21.9 Å². The van der Waals surface area contributed by atoms with Crippen molar-refractivity contribution in [3.8, 4) is 22.6 Å². The van der Waals surface area contributed by atoms with Gasteiger partial charge in [-0.1, -0.05) is 51.1 Å². The van der Waals surface area contributed by atoms with Gasteiger partial charge in [-0.2, -0.15) is 0 Å². The number of methoxy groups -OCH3 is 2. The Morgan fingerprint density at radius 3 is 2.33 bits per heavy atom. The summed E-state index contributed by atoms with van der Waals surface area (Å²) in [5.41, 5.74) is 4.86. The number of benzene rings is 3. The van der Waals surface area contributed by atoms with Gasteiger partial charge < -0.3 is 19.1 Å². The number of fused-ring (bicyclic) bond motifs is 1. The Hall–Kier alpha value is -4.06. The Bertz CT molecular complexity index is 1460. The molecule has 4 aromatic rings. The van der Waals surface area contributed by atoms with Crippen molar-refractivity contribution in [3.05, 3.63) is 84.1 Å². The number of anilines is 1. The molecule has 3 aromatic carbocycles. The van der Waals surface area contributed by atoms with Crippen LogP contribution in [0.3, 0.4) is 0 Å². The lowest BCUT2D eigenvalue weighted by atomic mass is 9.92. The van der Waals surface area contributed by atoms with E-state index in [0.717, 1.165) is 47.4 Å². The molecule has 0 amide bonds. The predicted octanol–water partition coefficient (Wildman–Crippen LogP) is 7.60. The fraction of sp³-hybridized carbons (Fsp3) is 0.353. The van der Waals surface area contributed by atoms with Crippen LogP contribution in [0.15, 0.2) is 72.9 Å². The summed E-state index contributed by atoms with van der Waals surface area (Å²) in [5.74, 6) is 2.04. The topological polar surface area (TPSA) is 60.9 Å². The Labute approximate surface area is 237 Å². The van der Waals surface area contributed by atoms with Crippen LogP contribution < -0.4 is 14.4 Å². The maximum atomic E-state index is 11.8. The molecule has 0 aliphatic carbocycles. The molecular weight excluding hydrogens is 500 g/mol. The van der Waals surface area contributed by atoms with E-state index in [9.17, 15) is 4.79 Å². The second-order valence-corrected chi connectivity index (χ2v) is 11.4. The molecule has 0 saturated heterocycles. The Morgan fingerprint density at radius 1 is 0.950 bits per heavy atom. The lowest BCUT2D eigenvalue weighted by molar-refractivity contribution is -0.147. The molecule has 1 atom stereocenters. The molecule has 6 heteroatoms. The summed E-state index contributed by atoms with van der Waals surface area (Å²) in [4.78, 5) is 19.0. The van der Waals surface area contributed by atoms with Gasteiger partial charge in [0.2, 0.25) is 0 Å². The van der Waals surface area contributed by atoms with Crippen LogP contribution in [0.4, 0.5) is 5.82 Å². The Kier molecular flexibility index (Phi) is 8.98. The summed E-state index contributed by atoms with van der Waals surface area (Å²) < 4.78 is 16.0. The molecule has 0 bridgehead atoms. The third kappa shape index (κ3) is 7.12. The zero-order valence-corrected chi connectivity index (χ0v) is 24.7. The van der Waals surface area contributed by atoms with Gasteiger partial charge in [0.1, 0.15) is 17.3 Å². The summed E-state index contributed by atoms with van der Waals surface area (Å²) >= 11 is 0. The molecule has 0 spiro atoms. The Balaban J connectivity index is 1.61. The number of hydrogen-bond donors (Lipinski definition) is 0. The number of ether oxygens (including phenoxy) is 3. The van der Waals surface area contributed by atoms with Crippen molar-refractivity contribution in [2.75, 3.05) is 25.7 Å². The number of esters is 1. The van der Waals surface area contributed by atoms with Crippen molar-refractivity contribution in [3.63, 3.8) is 0 Å². The van der Waals surface area contributed by atoms with Crippen molar-refractivity contribution in [1.29, 1.82) is 0 Å². The maximum absolute atomic E-state index is 11.8. The minimum absolute atomic E-state index is 0.184. The van der Waals surface area contributed by atoms with Crippen LogP contribution in [0.1, 0.15) is 45.2 Å². The molecule has 1 aromatic heterocycles. The summed E-state index contributed by atoms with van der Waals surface area (Å²) in [6.07, 6.45) is 2.17. The number of aryl methyl sites for hydroxylation is 1. The average molecular weight is 541 g/mol. The van der Waals surface area contributed by atoms with Crippen molar-refractivity contribution in [1.82, 2.24) is 4.98 Å². The molecule has 0 N–H and O–H groups in total. The summed E-state index contributed by atoms with van der Waals surface area (Å²) in [6.45, 7) is 12.1. The normalized spacial score (nSPS) is 12.2. The highest BCUT2D eigenvalue weighted by Gasteiger charge is 2.19. The first kappa shape index (κ1) is 28.9. The van der Waals surface area contributed by atoms with Crippen LogP contribution in [-0.4, -0.2) is 37.8 Å². The lowest BCUT2D eigenvalue weighted by Crippen LogP contribution is -2.28. The first-order valence-electron chi connectivity index (χ1n) is 13.7. The molecule has 6 nitrogen and oxygen atoms in total. The van der Waals surface area contributed by atoms with Crippen LogP contribution >= 0.6 is 0 Å². The van der Waals surface area contributed by atoms with Crippen molar-refractivity contribution in [2.24, 2.45) is 5.41 Å². The molecule has 0 saturated carbocycles. The second kappa shape index (κ2) is 12.4. The van der Waals surface area contributed by atoms with Gasteiger partial charge in [0.05, 0.1) is 14.2 Å². The Morgan fingerprint density at radius 2 is 1.68 bits per heavy atom. The van der Waals surface area contributed by atoms with Crippen LogP contribution in [0.5, 0.6) is 11.5 Å². The summed E-state index contributed by atoms with van der Waals surface area (Å²) in [6, 6.07) is 22.9. The van der Waals surface area contributed by atoms with E-state index in [2.05, 4.69) is 69.0 Å². The standard InChI is InChI=1S/C34H40N2O4/c1-23-20-27(12-15-31(23)38-6)26-10-8-25(9-11-26)22-36(19-17-34(3,4)5)32-30-14-13-29(21-28(30)16-18-35-32)40-24(2)33(37)39-7/h8-16,18,20-21,24H,17,19,22H2,1-7H3. The van der Waals surface area contributed by atoms with E-state index < -0.39 is 12.1 Å². The van der Waals surface area contributed by atoms with E-state index in [-0.39, 0.29) is 5.41 Å². The first-order chi connectivity index (χ1) is 19.1. The van der Waals surface area contributed by atoms with Crippen LogP contribution in [0, 0.1) is 12.3 Å². The molecule has 0 radical (unpaired) electrons. The third-order valence-corrected chi connectivity index (χ3v) is 7.05. The van der Waals surface area contributed by atoms with Gasteiger partial charge in [0, 0.05) is 24.7 Å². The number of rotatable bonds is 10. The molecule has 40 heavy (non-hydrogen) atoms. The van der Waals surface area contributed by atoms with E-state index >= 15 is 0 Å². The monoisotopic (exact) mass is 540 g/mol. The zero-order valence-electron chi connectivity index (χ0n) is 24.7. The number of aromatic nitrogens is 1. The van der Waals surface area contributed by atoms with Gasteiger partial charge in [-0.3, -0.25) is 0 Å². The number of carbonyl (C=O) groups excluding carboxylic acids is 1. The van der Waals surface area contributed by atoms with E-state index in [4.69, 9.17) is 19.2 Å². The van der Waals surface area contributed by atoms with Crippen LogP contribution in [-0.2, 0) is 16.1 Å². The van der Waals surface area contributed by atoms with Gasteiger partial charge >= 0.3 is 5.97 Å². The molecular formula is C34H40N2O4. The first-order valence-corrected chi connectivity index (χ1v) is 13.7. The van der Waals surface area contributed by atoms with Crippen LogP contribution in [0.2, 0.25) is 0 Å². The number of carbonyl (C=O) groups is 1. The number of pyridine rings is 1. The average Bonchev–Trinajstić information content (AvgIpc) is 2.94. The fourth-order valence-electron chi connectivity index (χ4n) is 4.69. The van der Waals surface area contributed by atoms with Gasteiger partial charge in [-0.15, -0.1) is 0 Å². The SMILES string of the molecule is COC(=O)C(C)Oc1ccc2c(N(CCC(C)(C)C)Cc3ccc(-c4ccc(OC)c(C)c4)cc3)nccc2c1. The molecule has 1 heterocycles. The minimum atomic E-state index is -0.683. The van der Waals surface area contributed by atoms with E-state index in [0.29, 0.717) is 5.75 Å². The van der Waals surface area contributed by atoms with E-state index in [1.807, 2.05) is 36.5 Å². The van der Waals surface area contributed by atoms with Gasteiger partial charge in [-0.25, -0.2) is 9.78 Å². The van der Waals surface area contributed by atoms with Crippen molar-refractivity contribution in [2.45, 2.75) is 53.7 Å². The quantitative estimate of drug-likeness (QED) is 0.193. The minimum Gasteiger partial charge on any atom is -0.496 e. The highest BCUT2D eigenvalue weighted by Crippen LogP contribution is 2.32. The van der Waals surface area contributed by atoms with Gasteiger partial charge in [-0.05, 0) is 89.7 Å². The largest absolute Gasteiger partial charge is 0.496 e. The van der Waals surface area contributed by atoms with Gasteiger partial charge in [0.25, 0.3) is 0 Å². The zero-order chi connectivity index (χ0) is 28.9. The van der Waals surface area contributed by atoms with Gasteiger partial charge in [0.15, 0.2) is 6.10 Å². The molecule has 0 fully saturated rings. The molecule has 210 valence electrons. The van der Waals surface area contributed by atoms with E-state index in [1.54, 1.807) is 14.0 Å². The maximum Gasteiger partial charge on any atom is 0.346 e. The smallest absolute Gasteiger partial charge is 0.346 e. The van der Waals surface area contributed by atoms with Crippen molar-refractivity contribution < 1.29 is 19.0 Å². The second-order valence-electron chi connectivity index (χ2n) is 11.4. The third-order valence-electron chi connectivity index (χ3n) is 7.05.